The monoisotopic (exact) mass is 271 g/mol. The maximum atomic E-state index is 12.1. The van der Waals surface area contributed by atoms with Crippen LogP contribution >= 0.6 is 0 Å². The average Bonchev–Trinajstić information content (AvgIpc) is 2.28. The Bertz CT molecular complexity index is 483. The predicted molar refractivity (Wildman–Crippen MR) is 65.8 cm³/mol. The van der Waals surface area contributed by atoms with E-state index in [9.17, 15) is 19.1 Å². The highest BCUT2D eigenvalue weighted by Gasteiger charge is 2.29. The molecule has 2 unspecified atom stereocenters. The summed E-state index contributed by atoms with van der Waals surface area (Å²) < 4.78 is 12.1. The van der Waals surface area contributed by atoms with Crippen molar-refractivity contribution in [3.8, 4) is 0 Å². The molecule has 1 aromatic carbocycles. The quantitative estimate of drug-likeness (QED) is 0.650. The van der Waals surface area contributed by atoms with Crippen LogP contribution in [-0.2, 0) is 15.6 Å². The highest BCUT2D eigenvalue weighted by atomic mass is 32.2. The first-order valence-corrected chi connectivity index (χ1v) is 6.43. The lowest BCUT2D eigenvalue weighted by Gasteiger charge is -2.15. The van der Waals surface area contributed by atoms with Crippen molar-refractivity contribution < 1.29 is 19.0 Å². The molecule has 0 fully saturated rings. The molecular weight excluding hydrogens is 258 g/mol. The lowest BCUT2D eigenvalue weighted by Crippen LogP contribution is -2.31. The summed E-state index contributed by atoms with van der Waals surface area (Å²) in [6.45, 7) is 3.34. The summed E-state index contributed by atoms with van der Waals surface area (Å²) >= 11 is 0. The molecule has 18 heavy (non-hydrogen) atoms. The van der Waals surface area contributed by atoms with Crippen LogP contribution in [0.3, 0.4) is 0 Å². The fraction of sp³-hybridized carbons (Fsp3) is 0.364. The molecule has 0 aliphatic heterocycles. The topological polar surface area (TPSA) is 97.5 Å². The third kappa shape index (κ3) is 3.13. The van der Waals surface area contributed by atoms with Gasteiger partial charge in [-0.15, -0.1) is 0 Å². The van der Waals surface area contributed by atoms with E-state index in [1.54, 1.807) is 13.8 Å². The van der Waals surface area contributed by atoms with Crippen molar-refractivity contribution in [1.29, 1.82) is 0 Å². The Hall–Kier alpha value is -1.76. The van der Waals surface area contributed by atoms with Gasteiger partial charge in [0.25, 0.3) is 5.69 Å². The second-order valence-corrected chi connectivity index (χ2v) is 5.63. The molecule has 0 aliphatic rings. The van der Waals surface area contributed by atoms with Crippen LogP contribution < -0.4 is 0 Å². The average molecular weight is 271 g/mol. The second-order valence-electron chi connectivity index (χ2n) is 4.05. The SMILES string of the molecule is CC(C)C(C(=O)O)S(=O)c1ccc([N+](=O)[O-])cc1. The zero-order valence-electron chi connectivity index (χ0n) is 9.90. The van der Waals surface area contributed by atoms with E-state index in [0.717, 1.165) is 0 Å². The van der Waals surface area contributed by atoms with Crippen molar-refractivity contribution in [3.63, 3.8) is 0 Å². The number of carboxylic acids is 1. The zero-order valence-corrected chi connectivity index (χ0v) is 10.7. The predicted octanol–water partition coefficient (Wildman–Crippen LogP) is 1.81. The first kappa shape index (κ1) is 14.3. The Morgan fingerprint density at radius 1 is 1.33 bits per heavy atom. The lowest BCUT2D eigenvalue weighted by atomic mass is 10.1. The molecule has 2 atom stereocenters. The first-order valence-electron chi connectivity index (χ1n) is 5.22. The molecule has 0 saturated carbocycles. The zero-order chi connectivity index (χ0) is 13.9. The summed E-state index contributed by atoms with van der Waals surface area (Å²) in [6.07, 6.45) is 0. The number of carboxylic acid groups (broad SMARTS) is 1. The molecule has 0 amide bonds. The van der Waals surface area contributed by atoms with E-state index in [-0.39, 0.29) is 16.5 Å². The first-order chi connectivity index (χ1) is 8.34. The summed E-state index contributed by atoms with van der Waals surface area (Å²) in [5.41, 5.74) is -0.118. The molecule has 0 saturated heterocycles. The number of nitro groups is 1. The molecule has 0 spiro atoms. The van der Waals surface area contributed by atoms with Gasteiger partial charge in [-0.2, -0.15) is 0 Å². The Kier molecular flexibility index (Phi) is 4.55. The van der Waals surface area contributed by atoms with E-state index in [2.05, 4.69) is 0 Å². The maximum Gasteiger partial charge on any atom is 0.319 e. The number of rotatable bonds is 5. The molecule has 7 heteroatoms. The molecule has 6 nitrogen and oxygen atoms in total. The molecule has 1 aromatic rings. The van der Waals surface area contributed by atoms with Crippen molar-refractivity contribution in [1.82, 2.24) is 0 Å². The number of hydrogen-bond acceptors (Lipinski definition) is 4. The van der Waals surface area contributed by atoms with Crippen LogP contribution in [-0.4, -0.2) is 25.5 Å². The molecule has 0 radical (unpaired) electrons. The van der Waals surface area contributed by atoms with Gasteiger partial charge < -0.3 is 5.11 Å². The van der Waals surface area contributed by atoms with Gasteiger partial charge in [0.05, 0.1) is 15.7 Å². The van der Waals surface area contributed by atoms with Gasteiger partial charge in [0, 0.05) is 17.0 Å². The smallest absolute Gasteiger partial charge is 0.319 e. The Morgan fingerprint density at radius 2 is 1.83 bits per heavy atom. The number of hydrogen-bond donors (Lipinski definition) is 1. The fourth-order valence-corrected chi connectivity index (χ4v) is 2.85. The van der Waals surface area contributed by atoms with Crippen molar-refractivity contribution in [2.45, 2.75) is 24.0 Å². The third-order valence-corrected chi connectivity index (χ3v) is 4.30. The van der Waals surface area contributed by atoms with Gasteiger partial charge in [0.1, 0.15) is 5.25 Å². The largest absolute Gasteiger partial charge is 0.480 e. The molecule has 0 bridgehead atoms. The summed E-state index contributed by atoms with van der Waals surface area (Å²) in [6, 6.07) is 5.08. The standard InChI is InChI=1S/C11H13NO5S/c1-7(2)10(11(13)14)18(17)9-5-3-8(4-6-9)12(15)16/h3-7,10H,1-2H3,(H,13,14). The van der Waals surface area contributed by atoms with Crippen molar-refractivity contribution in [3.05, 3.63) is 34.4 Å². The van der Waals surface area contributed by atoms with Crippen molar-refractivity contribution >= 4 is 22.5 Å². The molecule has 0 aliphatic carbocycles. The van der Waals surface area contributed by atoms with E-state index in [1.807, 2.05) is 0 Å². The second kappa shape index (κ2) is 5.72. The minimum atomic E-state index is -1.73. The van der Waals surface area contributed by atoms with Gasteiger partial charge in [0.15, 0.2) is 0 Å². The van der Waals surface area contributed by atoms with E-state index >= 15 is 0 Å². The molecule has 98 valence electrons. The van der Waals surface area contributed by atoms with Crippen LogP contribution in [0.25, 0.3) is 0 Å². The third-order valence-electron chi connectivity index (χ3n) is 2.36. The van der Waals surface area contributed by atoms with E-state index in [4.69, 9.17) is 5.11 Å². The van der Waals surface area contributed by atoms with Gasteiger partial charge in [-0.1, -0.05) is 13.8 Å². The molecule has 1 rings (SSSR count). The van der Waals surface area contributed by atoms with Crippen LogP contribution in [0, 0.1) is 16.0 Å². The minimum Gasteiger partial charge on any atom is -0.480 e. The van der Waals surface area contributed by atoms with E-state index in [0.29, 0.717) is 0 Å². The summed E-state index contributed by atoms with van der Waals surface area (Å²) in [4.78, 5) is 21.2. The maximum absolute atomic E-state index is 12.1. The molecule has 1 N–H and O–H groups in total. The highest BCUT2D eigenvalue weighted by molar-refractivity contribution is 7.86. The number of nitrogens with zero attached hydrogens (tertiary/aromatic N) is 1. The highest BCUT2D eigenvalue weighted by Crippen LogP contribution is 2.20. The minimum absolute atomic E-state index is 0.118. The molecular formula is C11H13NO5S. The number of benzene rings is 1. The van der Waals surface area contributed by atoms with E-state index in [1.165, 1.54) is 24.3 Å². The summed E-state index contributed by atoms with van der Waals surface area (Å²) in [7, 11) is -1.73. The van der Waals surface area contributed by atoms with Crippen LogP contribution in [0.5, 0.6) is 0 Å². The summed E-state index contributed by atoms with van der Waals surface area (Å²) in [5.74, 6) is -1.43. The van der Waals surface area contributed by atoms with Gasteiger partial charge in [-0.25, -0.2) is 0 Å². The van der Waals surface area contributed by atoms with Crippen LogP contribution in [0.15, 0.2) is 29.2 Å². The lowest BCUT2D eigenvalue weighted by molar-refractivity contribution is -0.384. The van der Waals surface area contributed by atoms with Gasteiger partial charge in [-0.05, 0) is 18.1 Å². The van der Waals surface area contributed by atoms with Crippen LogP contribution in [0.1, 0.15) is 13.8 Å². The van der Waals surface area contributed by atoms with Gasteiger partial charge in [0.2, 0.25) is 0 Å². The summed E-state index contributed by atoms with van der Waals surface area (Å²) in [5, 5.41) is 18.5. The Labute approximate surface area is 106 Å². The van der Waals surface area contributed by atoms with Crippen molar-refractivity contribution in [2.75, 3.05) is 0 Å². The van der Waals surface area contributed by atoms with E-state index < -0.39 is 26.9 Å². The number of carbonyl (C=O) groups is 1. The Morgan fingerprint density at radius 3 is 2.17 bits per heavy atom. The molecule has 0 heterocycles. The number of aliphatic carboxylic acids is 1. The number of nitro benzene ring substituents is 1. The molecule has 0 aromatic heterocycles. The Balaban J connectivity index is 3.03. The van der Waals surface area contributed by atoms with Crippen molar-refractivity contribution in [2.24, 2.45) is 5.92 Å². The fourth-order valence-electron chi connectivity index (χ4n) is 1.47. The van der Waals surface area contributed by atoms with Gasteiger partial charge in [-0.3, -0.25) is 19.1 Å². The van der Waals surface area contributed by atoms with Crippen LogP contribution in [0.2, 0.25) is 0 Å². The normalized spacial score (nSPS) is 14.2. The van der Waals surface area contributed by atoms with Crippen LogP contribution in [0.4, 0.5) is 5.69 Å². The number of non-ortho nitro benzene ring substituents is 1. The van der Waals surface area contributed by atoms with Gasteiger partial charge >= 0.3 is 5.97 Å².